The molecule has 4 nitrogen and oxygen atoms in total. The summed E-state index contributed by atoms with van der Waals surface area (Å²) in [6.45, 7) is 2.20. The van der Waals surface area contributed by atoms with Crippen LogP contribution >= 0.6 is 0 Å². The molecule has 1 aliphatic rings. The van der Waals surface area contributed by atoms with Crippen molar-refractivity contribution in [2.45, 2.75) is 38.1 Å². The Kier molecular flexibility index (Phi) is 4.30. The zero-order chi connectivity index (χ0) is 13.7. The largest absolute Gasteiger partial charge is 0.497 e. The van der Waals surface area contributed by atoms with E-state index < -0.39 is 0 Å². The van der Waals surface area contributed by atoms with Gasteiger partial charge in [-0.1, -0.05) is 25.0 Å². The van der Waals surface area contributed by atoms with Gasteiger partial charge >= 0.3 is 6.09 Å². The van der Waals surface area contributed by atoms with Crippen molar-refractivity contribution in [1.29, 1.82) is 0 Å². The quantitative estimate of drug-likeness (QED) is 0.907. The molecule has 0 heterocycles. The molecule has 1 amide bonds. The number of carbonyl (C=O) groups excluding carboxylic acids is 1. The number of nitrogens with one attached hydrogen (secondary N) is 1. The van der Waals surface area contributed by atoms with Gasteiger partial charge in [-0.05, 0) is 37.5 Å². The summed E-state index contributed by atoms with van der Waals surface area (Å²) < 4.78 is 10.3. The molecule has 1 aromatic carbocycles. The fourth-order valence-corrected chi connectivity index (χ4v) is 2.75. The Bertz CT molecular complexity index is 439. The lowest BCUT2D eigenvalue weighted by Gasteiger charge is -2.30. The molecule has 0 bridgehead atoms. The Morgan fingerprint density at radius 3 is 2.74 bits per heavy atom. The molecule has 0 radical (unpaired) electrons. The number of benzene rings is 1. The van der Waals surface area contributed by atoms with E-state index in [4.69, 9.17) is 9.47 Å². The molecule has 0 atom stereocenters. The smallest absolute Gasteiger partial charge is 0.407 e. The third kappa shape index (κ3) is 3.00. The topological polar surface area (TPSA) is 47.6 Å². The van der Waals surface area contributed by atoms with Crippen LogP contribution in [-0.4, -0.2) is 19.8 Å². The van der Waals surface area contributed by atoms with Crippen LogP contribution in [0.4, 0.5) is 4.79 Å². The van der Waals surface area contributed by atoms with E-state index in [2.05, 4.69) is 5.32 Å². The fraction of sp³-hybridized carbons (Fsp3) is 0.533. The van der Waals surface area contributed by atoms with Crippen LogP contribution in [0.25, 0.3) is 0 Å². The van der Waals surface area contributed by atoms with Crippen LogP contribution in [0.2, 0.25) is 0 Å². The van der Waals surface area contributed by atoms with Crippen molar-refractivity contribution in [2.75, 3.05) is 13.7 Å². The van der Waals surface area contributed by atoms with E-state index in [1.165, 1.54) is 0 Å². The van der Waals surface area contributed by atoms with Gasteiger partial charge in [0.05, 0.1) is 19.3 Å². The Hall–Kier alpha value is -1.71. The summed E-state index contributed by atoms with van der Waals surface area (Å²) >= 11 is 0. The van der Waals surface area contributed by atoms with Crippen LogP contribution in [0.1, 0.15) is 38.2 Å². The molecule has 4 heteroatoms. The Morgan fingerprint density at radius 2 is 2.11 bits per heavy atom. The second-order valence-corrected chi connectivity index (χ2v) is 4.87. The van der Waals surface area contributed by atoms with Crippen LogP contribution in [0, 0.1) is 0 Å². The highest BCUT2D eigenvalue weighted by Crippen LogP contribution is 2.39. The molecule has 0 spiro atoms. The van der Waals surface area contributed by atoms with Crippen LogP contribution < -0.4 is 10.1 Å². The zero-order valence-electron chi connectivity index (χ0n) is 11.6. The van der Waals surface area contributed by atoms with E-state index in [1.54, 1.807) is 7.11 Å². The number of carbonyl (C=O) groups is 1. The van der Waals surface area contributed by atoms with Crippen molar-refractivity contribution >= 4 is 6.09 Å². The second-order valence-electron chi connectivity index (χ2n) is 4.87. The number of methoxy groups -OCH3 is 1. The van der Waals surface area contributed by atoms with Gasteiger partial charge in [0.25, 0.3) is 0 Å². The maximum Gasteiger partial charge on any atom is 0.407 e. The highest BCUT2D eigenvalue weighted by molar-refractivity contribution is 5.69. The molecule has 0 aromatic heterocycles. The monoisotopic (exact) mass is 263 g/mol. The number of ether oxygens (including phenoxy) is 2. The highest BCUT2D eigenvalue weighted by Gasteiger charge is 2.37. The van der Waals surface area contributed by atoms with Gasteiger partial charge in [0.1, 0.15) is 5.75 Å². The molecule has 1 aliphatic carbocycles. The predicted molar refractivity (Wildman–Crippen MR) is 73.3 cm³/mol. The summed E-state index contributed by atoms with van der Waals surface area (Å²) in [5.74, 6) is 0.814. The summed E-state index contributed by atoms with van der Waals surface area (Å²) in [6.07, 6.45) is 3.78. The van der Waals surface area contributed by atoms with Crippen molar-refractivity contribution in [3.63, 3.8) is 0 Å². The van der Waals surface area contributed by atoms with Gasteiger partial charge in [-0.2, -0.15) is 0 Å². The maximum absolute atomic E-state index is 11.8. The lowest BCUT2D eigenvalue weighted by molar-refractivity contribution is 0.137. The van der Waals surface area contributed by atoms with E-state index in [1.807, 2.05) is 31.2 Å². The van der Waals surface area contributed by atoms with Gasteiger partial charge < -0.3 is 14.8 Å². The van der Waals surface area contributed by atoms with Gasteiger partial charge in [-0.25, -0.2) is 4.79 Å². The van der Waals surface area contributed by atoms with Crippen LogP contribution in [0.3, 0.4) is 0 Å². The minimum atomic E-state index is -0.341. The molecule has 104 valence electrons. The summed E-state index contributed by atoms with van der Waals surface area (Å²) in [5, 5.41) is 3.04. The van der Waals surface area contributed by atoms with E-state index in [0.29, 0.717) is 6.61 Å². The number of hydrogen-bond donors (Lipinski definition) is 1. The molecule has 0 unspecified atom stereocenters. The normalized spacial score (nSPS) is 16.9. The molecular weight excluding hydrogens is 242 g/mol. The molecule has 1 N–H and O–H groups in total. The molecule has 0 saturated heterocycles. The zero-order valence-corrected chi connectivity index (χ0v) is 11.6. The minimum absolute atomic E-state index is 0.305. The molecular formula is C15H21NO3. The average molecular weight is 263 g/mol. The van der Waals surface area contributed by atoms with E-state index in [0.717, 1.165) is 37.0 Å². The minimum Gasteiger partial charge on any atom is -0.497 e. The second kappa shape index (κ2) is 5.95. The van der Waals surface area contributed by atoms with Crippen molar-refractivity contribution < 1.29 is 14.3 Å². The SMILES string of the molecule is CCOC(=O)NC1(c2cccc(OC)c2)CCCC1. The molecule has 1 saturated carbocycles. The van der Waals surface area contributed by atoms with Crippen molar-refractivity contribution in [3.05, 3.63) is 29.8 Å². The van der Waals surface area contributed by atoms with Crippen molar-refractivity contribution in [1.82, 2.24) is 5.32 Å². The Labute approximate surface area is 114 Å². The van der Waals surface area contributed by atoms with Crippen molar-refractivity contribution in [2.24, 2.45) is 0 Å². The van der Waals surface area contributed by atoms with Crippen LogP contribution in [-0.2, 0) is 10.3 Å². The lowest BCUT2D eigenvalue weighted by Crippen LogP contribution is -2.44. The number of hydrogen-bond acceptors (Lipinski definition) is 3. The first-order chi connectivity index (χ1) is 9.20. The van der Waals surface area contributed by atoms with Crippen molar-refractivity contribution in [3.8, 4) is 5.75 Å². The average Bonchev–Trinajstić information content (AvgIpc) is 2.89. The molecule has 19 heavy (non-hydrogen) atoms. The Balaban J connectivity index is 2.25. The molecule has 2 rings (SSSR count). The predicted octanol–water partition coefficient (Wildman–Crippen LogP) is 3.21. The summed E-state index contributed by atoms with van der Waals surface area (Å²) in [6, 6.07) is 7.91. The third-order valence-electron chi connectivity index (χ3n) is 3.70. The van der Waals surface area contributed by atoms with Crippen LogP contribution in [0.15, 0.2) is 24.3 Å². The maximum atomic E-state index is 11.8. The lowest BCUT2D eigenvalue weighted by atomic mass is 9.88. The first-order valence-corrected chi connectivity index (χ1v) is 6.79. The molecule has 0 aliphatic heterocycles. The molecule has 1 fully saturated rings. The summed E-state index contributed by atoms with van der Waals surface area (Å²) in [4.78, 5) is 11.8. The first kappa shape index (κ1) is 13.7. The standard InChI is InChI=1S/C15H21NO3/c1-3-19-14(17)16-15(9-4-5-10-15)12-7-6-8-13(11-12)18-2/h6-8,11H,3-5,9-10H2,1-2H3,(H,16,17). The first-order valence-electron chi connectivity index (χ1n) is 6.79. The van der Waals surface area contributed by atoms with Gasteiger partial charge in [-0.15, -0.1) is 0 Å². The van der Waals surface area contributed by atoms with Gasteiger partial charge in [0.2, 0.25) is 0 Å². The number of alkyl carbamates (subject to hydrolysis) is 1. The number of rotatable bonds is 4. The molecule has 1 aromatic rings. The summed E-state index contributed by atoms with van der Waals surface area (Å²) in [7, 11) is 1.65. The number of amides is 1. The van der Waals surface area contributed by atoms with E-state index in [-0.39, 0.29) is 11.6 Å². The highest BCUT2D eigenvalue weighted by atomic mass is 16.5. The van der Waals surface area contributed by atoms with Crippen LogP contribution in [0.5, 0.6) is 5.75 Å². The van der Waals surface area contributed by atoms with Gasteiger partial charge in [-0.3, -0.25) is 0 Å². The third-order valence-corrected chi connectivity index (χ3v) is 3.70. The van der Waals surface area contributed by atoms with E-state index in [9.17, 15) is 4.79 Å². The van der Waals surface area contributed by atoms with Gasteiger partial charge in [0, 0.05) is 0 Å². The van der Waals surface area contributed by atoms with E-state index >= 15 is 0 Å². The van der Waals surface area contributed by atoms with Gasteiger partial charge in [0.15, 0.2) is 0 Å². The fourth-order valence-electron chi connectivity index (χ4n) is 2.75. The Morgan fingerprint density at radius 1 is 1.37 bits per heavy atom. The summed E-state index contributed by atoms with van der Waals surface area (Å²) in [5.41, 5.74) is 0.790.